The molecule has 3 N–H and O–H groups in total. The van der Waals surface area contributed by atoms with Gasteiger partial charge >= 0.3 is 0 Å². The van der Waals surface area contributed by atoms with Gasteiger partial charge in [0.2, 0.25) is 12.7 Å². The zero-order valence-electron chi connectivity index (χ0n) is 16.8. The largest absolute Gasteiger partial charge is 0.454 e. The number of amides is 2. The molecule has 0 aliphatic carbocycles. The predicted molar refractivity (Wildman–Crippen MR) is 114 cm³/mol. The summed E-state index contributed by atoms with van der Waals surface area (Å²) in [5.74, 6) is -1.21. The number of hydrogen-bond donors (Lipinski definition) is 3. The fraction of sp³-hybridized carbons (Fsp3) is 0.130. The van der Waals surface area contributed by atoms with E-state index in [0.717, 1.165) is 17.7 Å². The van der Waals surface area contributed by atoms with Gasteiger partial charge < -0.3 is 25.4 Å². The molecule has 0 radical (unpaired) electrons. The summed E-state index contributed by atoms with van der Waals surface area (Å²) in [5.41, 5.74) is 1.49. The minimum Gasteiger partial charge on any atom is -0.454 e. The Hall–Kier alpha value is -4.14. The summed E-state index contributed by atoms with van der Waals surface area (Å²) in [6.07, 6.45) is 0. The molecule has 1 aliphatic heterocycles. The molecule has 3 aromatic rings. The molecule has 0 saturated carbocycles. The standard InChI is InChI=1S/C23H19F2N3O4/c24-15-6-7-19(17(25)10-15)28-22(29)12-26-18-4-2-1-3-16(18)23(30)27-11-14-5-8-20-21(9-14)32-13-31-20/h1-10,26H,11-13H2,(H,27,30)(H,28,29). The van der Waals surface area contributed by atoms with Gasteiger partial charge in [-0.15, -0.1) is 0 Å². The van der Waals surface area contributed by atoms with Crippen LogP contribution in [0.4, 0.5) is 20.2 Å². The zero-order chi connectivity index (χ0) is 22.5. The van der Waals surface area contributed by atoms with Crippen molar-refractivity contribution in [3.63, 3.8) is 0 Å². The first-order chi connectivity index (χ1) is 15.5. The van der Waals surface area contributed by atoms with Crippen LogP contribution in [0.25, 0.3) is 0 Å². The molecule has 0 aromatic heterocycles. The highest BCUT2D eigenvalue weighted by atomic mass is 19.1. The molecular weight excluding hydrogens is 420 g/mol. The van der Waals surface area contributed by atoms with E-state index < -0.39 is 17.5 Å². The number of ether oxygens (including phenoxy) is 2. The summed E-state index contributed by atoms with van der Waals surface area (Å²) in [4.78, 5) is 24.8. The average Bonchev–Trinajstić information content (AvgIpc) is 3.26. The molecule has 7 nitrogen and oxygen atoms in total. The van der Waals surface area contributed by atoms with Gasteiger partial charge in [-0.1, -0.05) is 18.2 Å². The van der Waals surface area contributed by atoms with Gasteiger partial charge in [0.15, 0.2) is 11.5 Å². The molecular formula is C23H19F2N3O4. The second kappa shape index (κ2) is 9.34. The van der Waals surface area contributed by atoms with Crippen molar-refractivity contribution < 1.29 is 27.8 Å². The van der Waals surface area contributed by atoms with Crippen molar-refractivity contribution >= 4 is 23.2 Å². The third-order valence-corrected chi connectivity index (χ3v) is 4.71. The number of fused-ring (bicyclic) bond motifs is 1. The molecule has 4 rings (SSSR count). The van der Waals surface area contributed by atoms with E-state index in [0.29, 0.717) is 28.8 Å². The van der Waals surface area contributed by atoms with Crippen LogP contribution in [0.15, 0.2) is 60.7 Å². The molecule has 0 saturated heterocycles. The monoisotopic (exact) mass is 439 g/mol. The van der Waals surface area contributed by atoms with Crippen molar-refractivity contribution in [2.75, 3.05) is 24.0 Å². The Balaban J connectivity index is 1.35. The maximum Gasteiger partial charge on any atom is 0.253 e. The second-order valence-electron chi connectivity index (χ2n) is 6.94. The van der Waals surface area contributed by atoms with E-state index >= 15 is 0 Å². The highest BCUT2D eigenvalue weighted by Gasteiger charge is 2.15. The van der Waals surface area contributed by atoms with Gasteiger partial charge in [-0.2, -0.15) is 0 Å². The highest BCUT2D eigenvalue weighted by molar-refractivity contribution is 6.00. The summed E-state index contributed by atoms with van der Waals surface area (Å²) >= 11 is 0. The Kier molecular flexibility index (Phi) is 6.16. The van der Waals surface area contributed by atoms with Crippen LogP contribution in [0.3, 0.4) is 0 Å². The van der Waals surface area contributed by atoms with E-state index in [-0.39, 0.29) is 31.5 Å². The molecule has 0 fully saturated rings. The quantitative estimate of drug-likeness (QED) is 0.523. The number of carbonyl (C=O) groups excluding carboxylic acids is 2. The van der Waals surface area contributed by atoms with Crippen LogP contribution >= 0.6 is 0 Å². The normalized spacial score (nSPS) is 11.7. The number of anilines is 2. The molecule has 0 spiro atoms. The summed E-state index contributed by atoms with van der Waals surface area (Å²) in [6.45, 7) is 0.225. The molecule has 0 atom stereocenters. The van der Waals surface area contributed by atoms with E-state index in [1.165, 1.54) is 0 Å². The number of carbonyl (C=O) groups is 2. The second-order valence-corrected chi connectivity index (χ2v) is 6.94. The molecule has 9 heteroatoms. The minimum absolute atomic E-state index is 0.132. The van der Waals surface area contributed by atoms with Crippen LogP contribution < -0.4 is 25.4 Å². The molecule has 1 heterocycles. The number of hydrogen-bond acceptors (Lipinski definition) is 5. The zero-order valence-corrected chi connectivity index (χ0v) is 16.8. The van der Waals surface area contributed by atoms with Gasteiger partial charge in [-0.05, 0) is 42.0 Å². The van der Waals surface area contributed by atoms with Crippen molar-refractivity contribution in [3.8, 4) is 11.5 Å². The van der Waals surface area contributed by atoms with Crippen molar-refractivity contribution in [1.29, 1.82) is 0 Å². The maximum atomic E-state index is 13.7. The fourth-order valence-electron chi connectivity index (χ4n) is 3.12. The van der Waals surface area contributed by atoms with Gasteiger partial charge in [0.05, 0.1) is 17.8 Å². The Bertz CT molecular complexity index is 1170. The highest BCUT2D eigenvalue weighted by Crippen LogP contribution is 2.32. The maximum absolute atomic E-state index is 13.7. The summed E-state index contributed by atoms with van der Waals surface area (Å²) in [6, 6.07) is 15.0. The van der Waals surface area contributed by atoms with E-state index in [4.69, 9.17) is 9.47 Å². The van der Waals surface area contributed by atoms with Crippen molar-refractivity contribution in [2.24, 2.45) is 0 Å². The van der Waals surface area contributed by atoms with E-state index in [2.05, 4.69) is 16.0 Å². The summed E-state index contributed by atoms with van der Waals surface area (Å²) in [7, 11) is 0. The third kappa shape index (κ3) is 4.94. The smallest absolute Gasteiger partial charge is 0.253 e. The molecule has 0 unspecified atom stereocenters. The lowest BCUT2D eigenvalue weighted by atomic mass is 10.1. The lowest BCUT2D eigenvalue weighted by Gasteiger charge is -2.13. The Labute approximate surface area is 182 Å². The van der Waals surface area contributed by atoms with Crippen LogP contribution in [0.5, 0.6) is 11.5 Å². The van der Waals surface area contributed by atoms with Gasteiger partial charge in [-0.3, -0.25) is 9.59 Å². The number of benzene rings is 3. The van der Waals surface area contributed by atoms with Crippen LogP contribution in [0, 0.1) is 11.6 Å². The summed E-state index contributed by atoms with van der Waals surface area (Å²) < 4.78 is 37.3. The fourth-order valence-corrected chi connectivity index (χ4v) is 3.12. The topological polar surface area (TPSA) is 88.7 Å². The number of halogens is 2. The lowest BCUT2D eigenvalue weighted by Crippen LogP contribution is -2.26. The van der Waals surface area contributed by atoms with Gasteiger partial charge in [-0.25, -0.2) is 8.78 Å². The van der Waals surface area contributed by atoms with Crippen molar-refractivity contribution in [3.05, 3.63) is 83.4 Å². The minimum atomic E-state index is -0.873. The van der Waals surface area contributed by atoms with Crippen LogP contribution in [0.1, 0.15) is 15.9 Å². The molecule has 2 amide bonds. The molecule has 164 valence electrons. The third-order valence-electron chi connectivity index (χ3n) is 4.71. The lowest BCUT2D eigenvalue weighted by molar-refractivity contribution is -0.114. The molecule has 3 aromatic carbocycles. The van der Waals surface area contributed by atoms with E-state index in [1.54, 1.807) is 36.4 Å². The Morgan fingerprint density at radius 3 is 2.56 bits per heavy atom. The van der Waals surface area contributed by atoms with Gasteiger partial charge in [0.1, 0.15) is 11.6 Å². The first-order valence-electron chi connectivity index (χ1n) is 9.74. The van der Waals surface area contributed by atoms with Gasteiger partial charge in [0, 0.05) is 18.3 Å². The predicted octanol–water partition coefficient (Wildman–Crippen LogP) is 3.67. The van der Waals surface area contributed by atoms with E-state index in [1.807, 2.05) is 6.07 Å². The Morgan fingerprint density at radius 1 is 0.906 bits per heavy atom. The van der Waals surface area contributed by atoms with E-state index in [9.17, 15) is 18.4 Å². The first kappa shape index (κ1) is 21.1. The summed E-state index contributed by atoms with van der Waals surface area (Å²) in [5, 5.41) is 8.06. The number of nitrogens with one attached hydrogen (secondary N) is 3. The molecule has 1 aliphatic rings. The SMILES string of the molecule is O=C(CNc1ccccc1C(=O)NCc1ccc2c(c1)OCO2)Nc1ccc(F)cc1F. The first-order valence-corrected chi connectivity index (χ1v) is 9.74. The van der Waals surface area contributed by atoms with Gasteiger partial charge in [0.25, 0.3) is 5.91 Å². The molecule has 0 bridgehead atoms. The number of rotatable bonds is 7. The Morgan fingerprint density at radius 2 is 1.72 bits per heavy atom. The molecule has 32 heavy (non-hydrogen) atoms. The number of para-hydroxylation sites is 1. The van der Waals surface area contributed by atoms with Crippen LogP contribution in [-0.4, -0.2) is 25.2 Å². The van der Waals surface area contributed by atoms with Crippen molar-refractivity contribution in [1.82, 2.24) is 5.32 Å². The van der Waals surface area contributed by atoms with Crippen LogP contribution in [-0.2, 0) is 11.3 Å². The van der Waals surface area contributed by atoms with Crippen molar-refractivity contribution in [2.45, 2.75) is 6.54 Å². The van der Waals surface area contributed by atoms with Crippen LogP contribution in [0.2, 0.25) is 0 Å². The average molecular weight is 439 g/mol.